The van der Waals surface area contributed by atoms with Crippen molar-refractivity contribution in [2.24, 2.45) is 4.99 Å². The van der Waals surface area contributed by atoms with Gasteiger partial charge in [-0.05, 0) is 55.5 Å². The van der Waals surface area contributed by atoms with Gasteiger partial charge in [-0.3, -0.25) is 4.79 Å². The molecule has 1 aliphatic carbocycles. The van der Waals surface area contributed by atoms with Crippen molar-refractivity contribution in [1.29, 1.82) is 0 Å². The van der Waals surface area contributed by atoms with Gasteiger partial charge in [0.1, 0.15) is 11.6 Å². The summed E-state index contributed by atoms with van der Waals surface area (Å²) in [6.45, 7) is 0.108. The highest BCUT2D eigenvalue weighted by molar-refractivity contribution is 9.10. The van der Waals surface area contributed by atoms with Gasteiger partial charge in [0.15, 0.2) is 11.5 Å². The normalized spacial score (nSPS) is 12.8. The van der Waals surface area contributed by atoms with Crippen molar-refractivity contribution in [3.8, 4) is 23.8 Å². The lowest BCUT2D eigenvalue weighted by atomic mass is 9.95. The zero-order valence-electron chi connectivity index (χ0n) is 18.2. The Morgan fingerprint density at radius 1 is 1.27 bits per heavy atom. The molecule has 3 aromatic rings. The molecule has 1 heterocycles. The second-order valence-electron chi connectivity index (χ2n) is 7.49. The second-order valence-corrected chi connectivity index (χ2v) is 9.49. The maximum Gasteiger partial charge on any atom is 0.259 e. The number of nitrogens with zero attached hydrogens (tertiary/aromatic N) is 1. The van der Waals surface area contributed by atoms with Crippen molar-refractivity contribution in [1.82, 2.24) is 0 Å². The smallest absolute Gasteiger partial charge is 0.259 e. The number of hydrogen-bond donors (Lipinski definition) is 1. The number of halogens is 1. The molecule has 1 aromatic heterocycles. The highest BCUT2D eigenvalue weighted by Crippen LogP contribution is 2.41. The van der Waals surface area contributed by atoms with Crippen LogP contribution in [-0.4, -0.2) is 25.8 Å². The van der Waals surface area contributed by atoms with Gasteiger partial charge in [0.05, 0.1) is 12.7 Å². The van der Waals surface area contributed by atoms with Crippen LogP contribution in [0.25, 0.3) is 0 Å². The first-order valence-corrected chi connectivity index (χ1v) is 12.2. The van der Waals surface area contributed by atoms with E-state index in [-0.39, 0.29) is 12.5 Å². The van der Waals surface area contributed by atoms with E-state index in [2.05, 4.69) is 27.2 Å². The van der Waals surface area contributed by atoms with Crippen LogP contribution < -0.4 is 14.8 Å². The van der Waals surface area contributed by atoms with Gasteiger partial charge in [-0.1, -0.05) is 40.0 Å². The van der Waals surface area contributed by atoms with E-state index >= 15 is 0 Å². The molecule has 0 spiro atoms. The molecule has 0 radical (unpaired) electrons. The summed E-state index contributed by atoms with van der Waals surface area (Å²) in [4.78, 5) is 19.3. The van der Waals surface area contributed by atoms with Crippen molar-refractivity contribution in [3.05, 3.63) is 68.5 Å². The highest BCUT2D eigenvalue weighted by atomic mass is 79.9. The molecule has 0 fully saturated rings. The third-order valence-corrected chi connectivity index (χ3v) is 6.96. The molecule has 33 heavy (non-hydrogen) atoms. The molecular weight excluding hydrogens is 500 g/mol. The topological polar surface area (TPSA) is 59.9 Å². The standard InChI is InChI=1S/C26H23BrN2O3S/c1-3-13-32-24-17(14-18(27)15-21(24)31-2)16-28-26-23(20-11-7-8-12-22(20)33-26)25(30)29-19-9-5-4-6-10-19/h1,4-6,9-10,14-16H,7-8,11-13H2,2H3,(H,29,30). The average Bonchev–Trinajstić information content (AvgIpc) is 3.20. The molecule has 0 saturated carbocycles. The number of thiophene rings is 1. The van der Waals surface area contributed by atoms with Crippen molar-refractivity contribution >= 4 is 50.1 Å². The van der Waals surface area contributed by atoms with Crippen LogP contribution in [0.3, 0.4) is 0 Å². The summed E-state index contributed by atoms with van der Waals surface area (Å²) in [6, 6.07) is 13.2. The number of aryl methyl sites for hydroxylation is 1. The van der Waals surface area contributed by atoms with E-state index in [4.69, 9.17) is 20.9 Å². The van der Waals surface area contributed by atoms with Gasteiger partial charge in [-0.15, -0.1) is 17.8 Å². The van der Waals surface area contributed by atoms with Crippen LogP contribution in [-0.2, 0) is 12.8 Å². The zero-order chi connectivity index (χ0) is 23.2. The zero-order valence-corrected chi connectivity index (χ0v) is 20.6. The van der Waals surface area contributed by atoms with E-state index in [1.165, 1.54) is 4.88 Å². The molecule has 7 heteroatoms. The van der Waals surface area contributed by atoms with Gasteiger partial charge in [0.25, 0.3) is 5.91 Å². The number of carbonyl (C=O) groups is 1. The fourth-order valence-corrected chi connectivity index (χ4v) is 5.51. The summed E-state index contributed by atoms with van der Waals surface area (Å²) < 4.78 is 12.0. The first-order chi connectivity index (χ1) is 16.1. The SMILES string of the molecule is C#CCOc1c(C=Nc2sc3c(c2C(=O)Nc2ccccc2)CCCC3)cc(Br)cc1OC. The molecule has 0 saturated heterocycles. The van der Waals surface area contributed by atoms with E-state index in [1.54, 1.807) is 24.7 Å². The fraction of sp³-hybridized carbons (Fsp3) is 0.231. The van der Waals surface area contributed by atoms with Gasteiger partial charge in [-0.2, -0.15) is 0 Å². The molecule has 1 aliphatic rings. The maximum absolute atomic E-state index is 13.3. The van der Waals surface area contributed by atoms with Crippen LogP contribution in [0.15, 0.2) is 51.9 Å². The van der Waals surface area contributed by atoms with Crippen LogP contribution >= 0.6 is 27.3 Å². The summed E-state index contributed by atoms with van der Waals surface area (Å²) >= 11 is 5.09. The number of anilines is 1. The van der Waals surface area contributed by atoms with Gasteiger partial charge in [-0.25, -0.2) is 4.99 Å². The third kappa shape index (κ3) is 5.29. The number of aliphatic imine (C=N–C) groups is 1. The summed E-state index contributed by atoms with van der Waals surface area (Å²) in [5, 5.41) is 3.71. The number of fused-ring (bicyclic) bond motifs is 1. The number of methoxy groups -OCH3 is 1. The Labute approximate surface area is 206 Å². The van der Waals surface area contributed by atoms with Gasteiger partial charge < -0.3 is 14.8 Å². The molecule has 2 aromatic carbocycles. The van der Waals surface area contributed by atoms with Crippen LogP contribution in [0.4, 0.5) is 10.7 Å². The van der Waals surface area contributed by atoms with E-state index in [1.807, 2.05) is 42.5 Å². The third-order valence-electron chi connectivity index (χ3n) is 5.30. The van der Waals surface area contributed by atoms with Crippen LogP contribution in [0, 0.1) is 12.3 Å². The first kappa shape index (κ1) is 23.1. The molecule has 0 aliphatic heterocycles. The van der Waals surface area contributed by atoms with Gasteiger partial charge in [0.2, 0.25) is 0 Å². The first-order valence-electron chi connectivity index (χ1n) is 10.6. The molecule has 5 nitrogen and oxygen atoms in total. The molecule has 0 unspecified atom stereocenters. The number of nitrogens with one attached hydrogen (secondary N) is 1. The molecule has 168 valence electrons. The maximum atomic E-state index is 13.3. The molecule has 1 N–H and O–H groups in total. The minimum absolute atomic E-state index is 0.108. The van der Waals surface area contributed by atoms with E-state index in [0.717, 1.165) is 41.4 Å². The number of para-hydroxylation sites is 1. The van der Waals surface area contributed by atoms with Crippen molar-refractivity contribution in [3.63, 3.8) is 0 Å². The Kier molecular flexibility index (Phi) is 7.48. The predicted molar refractivity (Wildman–Crippen MR) is 138 cm³/mol. The molecule has 4 rings (SSSR count). The number of ether oxygens (including phenoxy) is 2. The predicted octanol–water partition coefficient (Wildman–Crippen LogP) is 6.41. The summed E-state index contributed by atoms with van der Waals surface area (Å²) in [7, 11) is 1.57. The van der Waals surface area contributed by atoms with Crippen LogP contribution in [0.5, 0.6) is 11.5 Å². The number of amides is 1. The Hall–Kier alpha value is -3.08. The molecule has 0 atom stereocenters. The molecule has 0 bridgehead atoms. The average molecular weight is 523 g/mol. The Morgan fingerprint density at radius 2 is 2.06 bits per heavy atom. The van der Waals surface area contributed by atoms with Gasteiger partial charge in [0, 0.05) is 26.8 Å². The highest BCUT2D eigenvalue weighted by Gasteiger charge is 2.25. The number of benzene rings is 2. The number of hydrogen-bond acceptors (Lipinski definition) is 5. The number of terminal acetylenes is 1. The van der Waals surface area contributed by atoms with Crippen molar-refractivity contribution in [2.45, 2.75) is 25.7 Å². The van der Waals surface area contributed by atoms with Crippen LogP contribution in [0.1, 0.15) is 39.2 Å². The van der Waals surface area contributed by atoms with E-state index in [0.29, 0.717) is 27.6 Å². The lowest BCUT2D eigenvalue weighted by molar-refractivity contribution is 0.102. The minimum Gasteiger partial charge on any atom is -0.493 e. The fourth-order valence-electron chi connectivity index (χ4n) is 3.82. The summed E-state index contributed by atoms with van der Waals surface area (Å²) in [5.41, 5.74) is 3.23. The largest absolute Gasteiger partial charge is 0.493 e. The van der Waals surface area contributed by atoms with E-state index in [9.17, 15) is 4.79 Å². The Balaban J connectivity index is 1.73. The van der Waals surface area contributed by atoms with Crippen molar-refractivity contribution < 1.29 is 14.3 Å². The van der Waals surface area contributed by atoms with Crippen molar-refractivity contribution in [2.75, 3.05) is 19.0 Å². The quantitative estimate of drug-likeness (QED) is 0.288. The summed E-state index contributed by atoms with van der Waals surface area (Å²) in [5.74, 6) is 3.41. The lowest BCUT2D eigenvalue weighted by Crippen LogP contribution is -2.14. The minimum atomic E-state index is -0.136. The second kappa shape index (κ2) is 10.7. The number of rotatable bonds is 7. The van der Waals surface area contributed by atoms with Gasteiger partial charge >= 0.3 is 0 Å². The Morgan fingerprint density at radius 3 is 2.82 bits per heavy atom. The van der Waals surface area contributed by atoms with E-state index < -0.39 is 0 Å². The molecule has 1 amide bonds. The lowest BCUT2D eigenvalue weighted by Gasteiger charge is -2.13. The Bertz CT molecular complexity index is 1230. The summed E-state index contributed by atoms with van der Waals surface area (Å²) in [6.07, 6.45) is 11.2. The molecular formula is C26H23BrN2O3S. The monoisotopic (exact) mass is 522 g/mol. The number of carbonyl (C=O) groups excluding carboxylic acids is 1. The van der Waals surface area contributed by atoms with Crippen LogP contribution in [0.2, 0.25) is 0 Å².